The van der Waals surface area contributed by atoms with Crippen molar-refractivity contribution >= 4 is 29.1 Å². The van der Waals surface area contributed by atoms with Crippen LogP contribution in [-0.4, -0.2) is 37.1 Å². The highest BCUT2D eigenvalue weighted by molar-refractivity contribution is 8.01. The minimum absolute atomic E-state index is 0.101. The average molecular weight is 350 g/mol. The summed E-state index contributed by atoms with van der Waals surface area (Å²) in [6.07, 6.45) is 0. The van der Waals surface area contributed by atoms with Crippen LogP contribution in [0.25, 0.3) is 5.69 Å². The van der Waals surface area contributed by atoms with Gasteiger partial charge in [0.2, 0.25) is 5.16 Å². The van der Waals surface area contributed by atoms with Gasteiger partial charge in [0.15, 0.2) is 0 Å². The van der Waals surface area contributed by atoms with Gasteiger partial charge in [0.05, 0.1) is 17.1 Å². The van der Waals surface area contributed by atoms with Gasteiger partial charge >= 0.3 is 0 Å². The van der Waals surface area contributed by atoms with Crippen molar-refractivity contribution in [1.29, 1.82) is 0 Å². The number of carbonyl (C=O) groups excluding carboxylic acids is 1. The average Bonchev–Trinajstić information content (AvgIpc) is 3.23. The highest BCUT2D eigenvalue weighted by Crippen LogP contribution is 2.31. The molecule has 0 bridgehead atoms. The first-order valence-corrected chi connectivity index (χ1v) is 8.56. The van der Waals surface area contributed by atoms with E-state index < -0.39 is 5.25 Å². The van der Waals surface area contributed by atoms with Crippen LogP contribution in [0.1, 0.15) is 6.92 Å². The van der Waals surface area contributed by atoms with Crippen molar-refractivity contribution < 1.29 is 4.79 Å². The van der Waals surface area contributed by atoms with Gasteiger partial charge in [-0.3, -0.25) is 4.79 Å². The van der Waals surface area contributed by atoms with E-state index in [0.29, 0.717) is 5.16 Å². The first-order valence-electron chi connectivity index (χ1n) is 7.68. The van der Waals surface area contributed by atoms with Crippen LogP contribution >= 0.6 is 11.8 Å². The predicted molar refractivity (Wildman–Crippen MR) is 95.8 cm³/mol. The van der Waals surface area contributed by atoms with Gasteiger partial charge in [-0.15, -0.1) is 5.10 Å². The fraction of sp³-hybridized carbons (Fsp3) is 0.118. The summed E-state index contributed by atoms with van der Waals surface area (Å²) in [5, 5.41) is 17.8. The molecule has 25 heavy (non-hydrogen) atoms. The molecule has 124 valence electrons. The van der Waals surface area contributed by atoms with Crippen LogP contribution in [0.15, 0.2) is 70.9 Å². The fourth-order valence-corrected chi connectivity index (χ4v) is 3.48. The Balaban J connectivity index is 1.60. The van der Waals surface area contributed by atoms with Crippen LogP contribution in [0, 0.1) is 0 Å². The first kappa shape index (κ1) is 15.5. The van der Waals surface area contributed by atoms with E-state index in [1.807, 2.05) is 67.6 Å². The van der Waals surface area contributed by atoms with E-state index >= 15 is 0 Å². The number of carbonyl (C=O) groups is 1. The van der Waals surface area contributed by atoms with Crippen LogP contribution in [-0.2, 0) is 4.79 Å². The number of benzene rings is 2. The predicted octanol–water partition coefficient (Wildman–Crippen LogP) is 2.55. The molecule has 0 aliphatic carbocycles. The Labute approximate surface area is 148 Å². The SMILES string of the molecule is CC1=NN(c2ccccc2)C(=O)C1Sc1nnnn1-c1ccccc1. The van der Waals surface area contributed by atoms with Gasteiger partial charge in [0.1, 0.15) is 5.25 Å². The third-order valence-electron chi connectivity index (χ3n) is 3.74. The van der Waals surface area contributed by atoms with E-state index in [1.165, 1.54) is 16.8 Å². The molecule has 0 spiro atoms. The summed E-state index contributed by atoms with van der Waals surface area (Å²) in [6, 6.07) is 18.9. The number of hydrogen-bond acceptors (Lipinski definition) is 6. The zero-order valence-corrected chi connectivity index (χ0v) is 14.2. The quantitative estimate of drug-likeness (QED) is 0.723. The molecule has 1 atom stereocenters. The monoisotopic (exact) mass is 350 g/mol. The van der Waals surface area contributed by atoms with Gasteiger partial charge in [0.25, 0.3) is 5.91 Å². The van der Waals surface area contributed by atoms with E-state index in [9.17, 15) is 4.79 Å². The van der Waals surface area contributed by atoms with Gasteiger partial charge in [-0.25, -0.2) is 0 Å². The zero-order valence-electron chi connectivity index (χ0n) is 13.4. The summed E-state index contributed by atoms with van der Waals surface area (Å²) in [7, 11) is 0. The summed E-state index contributed by atoms with van der Waals surface area (Å²) in [4.78, 5) is 12.8. The smallest absolute Gasteiger partial charge is 0.266 e. The maximum absolute atomic E-state index is 12.8. The minimum Gasteiger partial charge on any atom is -0.271 e. The second-order valence-electron chi connectivity index (χ2n) is 5.43. The van der Waals surface area contributed by atoms with Gasteiger partial charge in [0, 0.05) is 0 Å². The molecule has 1 aliphatic rings. The number of rotatable bonds is 4. The molecule has 0 radical (unpaired) electrons. The van der Waals surface area contributed by atoms with Gasteiger partial charge in [-0.1, -0.05) is 48.2 Å². The first-order chi connectivity index (χ1) is 12.2. The van der Waals surface area contributed by atoms with Crippen molar-refractivity contribution in [1.82, 2.24) is 20.2 Å². The normalized spacial score (nSPS) is 17.0. The third kappa shape index (κ3) is 2.91. The van der Waals surface area contributed by atoms with Crippen molar-refractivity contribution in [2.45, 2.75) is 17.3 Å². The van der Waals surface area contributed by atoms with E-state index in [0.717, 1.165) is 17.1 Å². The van der Waals surface area contributed by atoms with Crippen molar-refractivity contribution in [3.05, 3.63) is 60.7 Å². The molecule has 1 aromatic heterocycles. The topological polar surface area (TPSA) is 76.3 Å². The van der Waals surface area contributed by atoms with Crippen molar-refractivity contribution in [3.8, 4) is 5.69 Å². The third-order valence-corrected chi connectivity index (χ3v) is 4.98. The molecule has 2 aromatic carbocycles. The molecule has 0 fully saturated rings. The molecule has 1 amide bonds. The number of hydrazone groups is 1. The number of tetrazole rings is 1. The zero-order chi connectivity index (χ0) is 17.2. The summed E-state index contributed by atoms with van der Waals surface area (Å²) in [6.45, 7) is 1.84. The van der Waals surface area contributed by atoms with Gasteiger partial charge < -0.3 is 0 Å². The lowest BCUT2D eigenvalue weighted by atomic mass is 10.3. The van der Waals surface area contributed by atoms with Crippen LogP contribution in [0.5, 0.6) is 0 Å². The number of aromatic nitrogens is 4. The number of amides is 1. The van der Waals surface area contributed by atoms with Crippen LogP contribution in [0.3, 0.4) is 0 Å². The lowest BCUT2D eigenvalue weighted by Crippen LogP contribution is -2.29. The number of nitrogens with zero attached hydrogens (tertiary/aromatic N) is 6. The minimum atomic E-state index is -0.450. The van der Waals surface area contributed by atoms with Crippen LogP contribution in [0.4, 0.5) is 5.69 Å². The molecule has 3 aromatic rings. The standard InChI is InChI=1S/C17H14N6OS/c1-12-15(16(24)22(19-12)13-8-4-2-5-9-13)25-17-18-20-21-23(17)14-10-6-3-7-11-14/h2-11,15H,1H3. The Kier molecular flexibility index (Phi) is 4.02. The molecule has 1 aliphatic heterocycles. The van der Waals surface area contributed by atoms with Gasteiger partial charge in [-0.05, 0) is 41.6 Å². The van der Waals surface area contributed by atoms with E-state index in [2.05, 4.69) is 20.6 Å². The lowest BCUT2D eigenvalue weighted by Gasteiger charge is -2.13. The number of anilines is 1. The Bertz CT molecular complexity index is 925. The van der Waals surface area contributed by atoms with Crippen LogP contribution in [0.2, 0.25) is 0 Å². The number of thioether (sulfide) groups is 1. The largest absolute Gasteiger partial charge is 0.271 e. The summed E-state index contributed by atoms with van der Waals surface area (Å²) in [5.74, 6) is -0.101. The van der Waals surface area contributed by atoms with Crippen LogP contribution < -0.4 is 5.01 Å². The molecular weight excluding hydrogens is 336 g/mol. The number of hydrogen-bond donors (Lipinski definition) is 0. The molecule has 7 nitrogen and oxygen atoms in total. The van der Waals surface area contributed by atoms with Crippen molar-refractivity contribution in [2.24, 2.45) is 5.10 Å². The Morgan fingerprint density at radius 2 is 1.60 bits per heavy atom. The van der Waals surface area contributed by atoms with E-state index in [4.69, 9.17) is 0 Å². The highest BCUT2D eigenvalue weighted by Gasteiger charge is 2.36. The van der Waals surface area contributed by atoms with Crippen molar-refractivity contribution in [2.75, 3.05) is 5.01 Å². The molecule has 2 heterocycles. The van der Waals surface area contributed by atoms with E-state index in [-0.39, 0.29) is 5.91 Å². The molecule has 0 saturated carbocycles. The lowest BCUT2D eigenvalue weighted by molar-refractivity contribution is -0.116. The molecule has 1 unspecified atom stereocenters. The Morgan fingerprint density at radius 1 is 0.960 bits per heavy atom. The molecule has 0 saturated heterocycles. The second-order valence-corrected chi connectivity index (χ2v) is 6.51. The summed E-state index contributed by atoms with van der Waals surface area (Å²) < 4.78 is 1.62. The molecular formula is C17H14N6OS. The maximum atomic E-state index is 12.8. The van der Waals surface area contributed by atoms with E-state index in [1.54, 1.807) is 4.68 Å². The molecule has 4 rings (SSSR count). The fourth-order valence-electron chi connectivity index (χ4n) is 2.53. The Morgan fingerprint density at radius 3 is 2.28 bits per heavy atom. The van der Waals surface area contributed by atoms with Crippen molar-refractivity contribution in [3.63, 3.8) is 0 Å². The van der Waals surface area contributed by atoms with Gasteiger partial charge in [-0.2, -0.15) is 14.8 Å². The highest BCUT2D eigenvalue weighted by atomic mass is 32.2. The summed E-state index contributed by atoms with van der Waals surface area (Å²) in [5.41, 5.74) is 2.31. The molecule has 0 N–H and O–H groups in total. The number of para-hydroxylation sites is 2. The second kappa shape index (κ2) is 6.48. The maximum Gasteiger partial charge on any atom is 0.266 e. The Hall–Kier alpha value is -3.00. The molecule has 8 heteroatoms. The summed E-state index contributed by atoms with van der Waals surface area (Å²) >= 11 is 1.30.